The van der Waals surface area contributed by atoms with Gasteiger partial charge in [-0.25, -0.2) is 4.39 Å². The molecule has 2 aromatic rings. The first-order valence-corrected chi connectivity index (χ1v) is 6.56. The number of hydrogen-bond donors (Lipinski definition) is 1. The van der Waals surface area contributed by atoms with Gasteiger partial charge in [0.1, 0.15) is 5.82 Å². The van der Waals surface area contributed by atoms with E-state index in [1.165, 1.54) is 12.1 Å². The van der Waals surface area contributed by atoms with Gasteiger partial charge in [-0.2, -0.15) is 0 Å². The van der Waals surface area contributed by atoms with Gasteiger partial charge in [0.25, 0.3) is 0 Å². The minimum absolute atomic E-state index is 0.250. The summed E-state index contributed by atoms with van der Waals surface area (Å²) in [5.74, 6) is -0.250. The van der Waals surface area contributed by atoms with Gasteiger partial charge >= 0.3 is 0 Å². The first-order valence-electron chi connectivity index (χ1n) is 5.76. The highest BCUT2D eigenvalue weighted by atomic mass is 79.9. The van der Waals surface area contributed by atoms with Gasteiger partial charge in [0, 0.05) is 4.47 Å². The van der Waals surface area contributed by atoms with Crippen LogP contribution in [-0.2, 0) is 0 Å². The summed E-state index contributed by atoms with van der Waals surface area (Å²) in [6.45, 7) is 3.96. The van der Waals surface area contributed by atoms with Crippen molar-refractivity contribution in [3.63, 3.8) is 0 Å². The maximum Gasteiger partial charge on any atom is 0.123 e. The molecule has 0 aliphatic heterocycles. The summed E-state index contributed by atoms with van der Waals surface area (Å²) in [6.07, 6.45) is 0. The molecule has 0 saturated heterocycles. The lowest BCUT2D eigenvalue weighted by Crippen LogP contribution is -2.13. The van der Waals surface area contributed by atoms with Crippen molar-refractivity contribution >= 4 is 15.9 Å². The van der Waals surface area contributed by atoms with E-state index in [-0.39, 0.29) is 11.9 Å². The molecule has 0 spiro atoms. The van der Waals surface area contributed by atoms with E-state index in [9.17, 15) is 4.39 Å². The van der Waals surface area contributed by atoms with Crippen molar-refractivity contribution in [3.05, 3.63) is 68.9 Å². The Bertz CT molecular complexity index is 581. The third-order valence-corrected chi connectivity index (χ3v) is 4.01. The van der Waals surface area contributed by atoms with E-state index in [0.29, 0.717) is 0 Å². The van der Waals surface area contributed by atoms with Gasteiger partial charge in [0.2, 0.25) is 0 Å². The molecule has 1 nitrogen and oxygen atoms in total. The average molecular weight is 308 g/mol. The Labute approximate surface area is 115 Å². The molecule has 0 fully saturated rings. The number of hydrogen-bond acceptors (Lipinski definition) is 1. The summed E-state index contributed by atoms with van der Waals surface area (Å²) < 4.78 is 14.4. The topological polar surface area (TPSA) is 26.0 Å². The highest BCUT2D eigenvalue weighted by Gasteiger charge is 2.13. The molecular weight excluding hydrogens is 293 g/mol. The highest BCUT2D eigenvalue weighted by molar-refractivity contribution is 9.10. The maximum atomic E-state index is 13.3. The van der Waals surface area contributed by atoms with E-state index in [1.54, 1.807) is 6.07 Å². The Kier molecular flexibility index (Phi) is 3.83. The second-order valence-electron chi connectivity index (χ2n) is 4.49. The molecule has 0 amide bonds. The van der Waals surface area contributed by atoms with Gasteiger partial charge in [-0.1, -0.05) is 34.1 Å². The van der Waals surface area contributed by atoms with Gasteiger partial charge < -0.3 is 5.73 Å². The van der Waals surface area contributed by atoms with Crippen LogP contribution in [0.15, 0.2) is 40.9 Å². The van der Waals surface area contributed by atoms with E-state index in [0.717, 1.165) is 26.7 Å². The largest absolute Gasteiger partial charge is 0.320 e. The minimum Gasteiger partial charge on any atom is -0.320 e. The zero-order valence-corrected chi connectivity index (χ0v) is 12.0. The van der Waals surface area contributed by atoms with Crippen LogP contribution in [0.1, 0.15) is 28.3 Å². The average Bonchev–Trinajstić information content (AvgIpc) is 2.35. The maximum absolute atomic E-state index is 13.3. The van der Waals surface area contributed by atoms with Crippen LogP contribution in [0.2, 0.25) is 0 Å². The molecule has 3 heteroatoms. The van der Waals surface area contributed by atoms with Crippen molar-refractivity contribution in [2.24, 2.45) is 5.73 Å². The van der Waals surface area contributed by atoms with Gasteiger partial charge in [0.05, 0.1) is 6.04 Å². The zero-order chi connectivity index (χ0) is 13.3. The molecule has 2 N–H and O–H groups in total. The number of benzene rings is 2. The normalized spacial score (nSPS) is 12.5. The molecule has 94 valence electrons. The molecule has 2 rings (SSSR count). The molecule has 0 aliphatic carbocycles. The molecule has 0 heterocycles. The van der Waals surface area contributed by atoms with Gasteiger partial charge in [-0.15, -0.1) is 0 Å². The lowest BCUT2D eigenvalue weighted by molar-refractivity contribution is 0.622. The van der Waals surface area contributed by atoms with Crippen LogP contribution in [0.3, 0.4) is 0 Å². The lowest BCUT2D eigenvalue weighted by Gasteiger charge is -2.16. The second kappa shape index (κ2) is 5.21. The molecule has 0 aromatic heterocycles. The Balaban J connectivity index is 2.44. The van der Waals surface area contributed by atoms with E-state index < -0.39 is 0 Å². The van der Waals surface area contributed by atoms with Gasteiger partial charge in [0.15, 0.2) is 0 Å². The Morgan fingerprint density at radius 2 is 1.78 bits per heavy atom. The first-order chi connectivity index (χ1) is 8.49. The predicted molar refractivity (Wildman–Crippen MR) is 76.0 cm³/mol. The van der Waals surface area contributed by atoms with Crippen LogP contribution in [0.5, 0.6) is 0 Å². The molecule has 1 unspecified atom stereocenters. The SMILES string of the molecule is Cc1cc(C(N)c2cc(F)ccc2C)ccc1Br. The Morgan fingerprint density at radius 1 is 1.06 bits per heavy atom. The van der Waals surface area contributed by atoms with Gasteiger partial charge in [-0.3, -0.25) is 0 Å². The Morgan fingerprint density at radius 3 is 2.44 bits per heavy atom. The second-order valence-corrected chi connectivity index (χ2v) is 5.34. The molecule has 0 radical (unpaired) electrons. The lowest BCUT2D eigenvalue weighted by atomic mass is 9.95. The smallest absolute Gasteiger partial charge is 0.123 e. The third-order valence-electron chi connectivity index (χ3n) is 3.12. The van der Waals surface area contributed by atoms with Crippen molar-refractivity contribution in [3.8, 4) is 0 Å². The van der Waals surface area contributed by atoms with Crippen LogP contribution in [-0.4, -0.2) is 0 Å². The summed E-state index contributed by atoms with van der Waals surface area (Å²) in [5, 5.41) is 0. The summed E-state index contributed by atoms with van der Waals surface area (Å²) >= 11 is 3.46. The molecular formula is C15H15BrFN. The fraction of sp³-hybridized carbons (Fsp3) is 0.200. The number of aryl methyl sites for hydroxylation is 2. The van der Waals surface area contributed by atoms with Crippen LogP contribution in [0, 0.1) is 19.7 Å². The monoisotopic (exact) mass is 307 g/mol. The van der Waals surface area contributed by atoms with Crippen molar-refractivity contribution < 1.29 is 4.39 Å². The standard InChI is InChI=1S/C15H15BrFN/c1-9-3-5-12(17)8-13(9)15(18)11-4-6-14(16)10(2)7-11/h3-8,15H,18H2,1-2H3. The van der Waals surface area contributed by atoms with Crippen LogP contribution < -0.4 is 5.73 Å². The quantitative estimate of drug-likeness (QED) is 0.881. The molecule has 0 bridgehead atoms. The zero-order valence-electron chi connectivity index (χ0n) is 10.4. The molecule has 18 heavy (non-hydrogen) atoms. The molecule has 2 aromatic carbocycles. The van der Waals surface area contributed by atoms with Crippen LogP contribution in [0.4, 0.5) is 4.39 Å². The van der Waals surface area contributed by atoms with Crippen molar-refractivity contribution in [1.29, 1.82) is 0 Å². The van der Waals surface area contributed by atoms with Crippen LogP contribution in [0.25, 0.3) is 0 Å². The van der Waals surface area contributed by atoms with Gasteiger partial charge in [-0.05, 0) is 54.3 Å². The molecule has 0 saturated carbocycles. The highest BCUT2D eigenvalue weighted by Crippen LogP contribution is 2.26. The number of nitrogens with two attached hydrogens (primary N) is 1. The summed E-state index contributed by atoms with van der Waals surface area (Å²) in [6, 6.07) is 10.4. The summed E-state index contributed by atoms with van der Waals surface area (Å²) in [4.78, 5) is 0. The molecule has 0 aliphatic rings. The fourth-order valence-corrected chi connectivity index (χ4v) is 2.23. The van der Waals surface area contributed by atoms with E-state index in [4.69, 9.17) is 5.73 Å². The third kappa shape index (κ3) is 2.62. The van der Waals surface area contributed by atoms with Crippen molar-refractivity contribution in [2.75, 3.05) is 0 Å². The number of rotatable bonds is 2. The van der Waals surface area contributed by atoms with Crippen molar-refractivity contribution in [2.45, 2.75) is 19.9 Å². The number of halogens is 2. The summed E-state index contributed by atoms with van der Waals surface area (Å²) in [7, 11) is 0. The summed E-state index contributed by atoms with van der Waals surface area (Å²) in [5.41, 5.74) is 10.2. The van der Waals surface area contributed by atoms with Crippen molar-refractivity contribution in [1.82, 2.24) is 0 Å². The minimum atomic E-state index is -0.299. The Hall–Kier alpha value is -1.19. The van der Waals surface area contributed by atoms with E-state index in [1.807, 2.05) is 32.0 Å². The first kappa shape index (κ1) is 13.2. The molecule has 1 atom stereocenters. The van der Waals surface area contributed by atoms with E-state index in [2.05, 4.69) is 15.9 Å². The fourth-order valence-electron chi connectivity index (χ4n) is 1.99. The van der Waals surface area contributed by atoms with E-state index >= 15 is 0 Å². The van der Waals surface area contributed by atoms with Crippen LogP contribution >= 0.6 is 15.9 Å². The predicted octanol–water partition coefficient (Wildman–Crippen LogP) is 4.25.